The van der Waals surface area contributed by atoms with Crippen LogP contribution in [-0.4, -0.2) is 65.5 Å². The molecular weight excluding hydrogens is 386 g/mol. The highest BCUT2D eigenvalue weighted by Gasteiger charge is 2.13. The molecule has 0 aliphatic carbocycles. The van der Waals surface area contributed by atoms with Gasteiger partial charge in [-0.15, -0.1) is 0 Å². The van der Waals surface area contributed by atoms with Gasteiger partial charge in [0, 0.05) is 46.4 Å². The largest absolute Gasteiger partial charge is 0.379 e. The predicted octanol–water partition coefficient (Wildman–Crippen LogP) is 0.740. The molecule has 1 aromatic rings. The molecule has 30 heavy (non-hydrogen) atoms. The number of rotatable bonds is 10. The van der Waals surface area contributed by atoms with E-state index >= 15 is 0 Å². The van der Waals surface area contributed by atoms with Crippen molar-refractivity contribution in [3.05, 3.63) is 26.4 Å². The third-order valence-corrected chi connectivity index (χ3v) is 5.60. The van der Waals surface area contributed by atoms with Crippen molar-refractivity contribution in [3.63, 3.8) is 0 Å². The average molecular weight is 422 g/mol. The lowest BCUT2D eigenvalue weighted by Gasteiger charge is -2.26. The molecule has 1 aromatic heterocycles. The Kier molecular flexibility index (Phi) is 9.45. The second kappa shape index (κ2) is 11.8. The van der Waals surface area contributed by atoms with Crippen molar-refractivity contribution < 1.29 is 9.53 Å². The summed E-state index contributed by atoms with van der Waals surface area (Å²) >= 11 is 0. The van der Waals surface area contributed by atoms with E-state index in [0.717, 1.165) is 50.3 Å². The van der Waals surface area contributed by atoms with Crippen LogP contribution in [0.25, 0.3) is 0 Å². The Morgan fingerprint density at radius 3 is 2.60 bits per heavy atom. The molecule has 0 spiro atoms. The summed E-state index contributed by atoms with van der Waals surface area (Å²) in [6, 6.07) is 0. The minimum atomic E-state index is -0.401. The van der Waals surface area contributed by atoms with Crippen molar-refractivity contribution in [3.8, 4) is 0 Å². The molecule has 0 aromatic carbocycles. The summed E-state index contributed by atoms with van der Waals surface area (Å²) in [4.78, 5) is 43.2. The Hall–Kier alpha value is -2.26. The zero-order valence-corrected chi connectivity index (χ0v) is 18.6. The van der Waals surface area contributed by atoms with Gasteiger partial charge < -0.3 is 10.1 Å². The fourth-order valence-corrected chi connectivity index (χ4v) is 3.50. The Bertz CT molecular complexity index is 815. The first-order valence-electron chi connectivity index (χ1n) is 10.7. The average Bonchev–Trinajstić information content (AvgIpc) is 2.76. The lowest BCUT2D eigenvalue weighted by atomic mass is 10.0. The van der Waals surface area contributed by atoms with Gasteiger partial charge in [-0.25, -0.2) is 9.79 Å². The maximum atomic E-state index is 12.1. The number of amides is 1. The van der Waals surface area contributed by atoms with Crippen LogP contribution in [0.3, 0.4) is 0 Å². The van der Waals surface area contributed by atoms with Gasteiger partial charge in [-0.2, -0.15) is 0 Å². The summed E-state index contributed by atoms with van der Waals surface area (Å²) in [5, 5.41) is 2.98. The monoisotopic (exact) mass is 421 g/mol. The standard InChI is InChI=1S/C21H35N5O4/c1-5-17(15-23-19-16(2)20(28)25(4)21(29)24(19)3)7-8-18(27)22-9-6-10-26-11-13-30-14-12-26/h15,17H,5-14H2,1-4H3,(H,22,27). The van der Waals surface area contributed by atoms with Gasteiger partial charge in [-0.05, 0) is 38.6 Å². The van der Waals surface area contributed by atoms with Crippen LogP contribution in [0.2, 0.25) is 0 Å². The van der Waals surface area contributed by atoms with Crippen molar-refractivity contribution in [2.45, 2.75) is 39.5 Å². The van der Waals surface area contributed by atoms with Crippen LogP contribution in [0.15, 0.2) is 14.6 Å². The molecule has 2 rings (SSSR count). The number of carbonyl (C=O) groups excluding carboxylic acids is 1. The van der Waals surface area contributed by atoms with Crippen molar-refractivity contribution in [2.24, 2.45) is 25.0 Å². The van der Waals surface area contributed by atoms with Crippen molar-refractivity contribution in [1.29, 1.82) is 0 Å². The van der Waals surface area contributed by atoms with Gasteiger partial charge in [-0.3, -0.25) is 23.6 Å². The minimum absolute atomic E-state index is 0.0426. The van der Waals surface area contributed by atoms with Crippen LogP contribution in [0.4, 0.5) is 5.82 Å². The van der Waals surface area contributed by atoms with Crippen molar-refractivity contribution in [2.75, 3.05) is 39.4 Å². The van der Waals surface area contributed by atoms with E-state index in [9.17, 15) is 14.4 Å². The summed E-state index contributed by atoms with van der Waals surface area (Å²) < 4.78 is 7.79. The molecule has 1 N–H and O–H groups in total. The number of aliphatic imine (C=N–C) groups is 1. The lowest BCUT2D eigenvalue weighted by Crippen LogP contribution is -2.38. The zero-order chi connectivity index (χ0) is 22.1. The highest BCUT2D eigenvalue weighted by atomic mass is 16.5. The molecule has 0 saturated carbocycles. The molecular formula is C21H35N5O4. The molecule has 168 valence electrons. The summed E-state index contributed by atoms with van der Waals surface area (Å²) in [6.45, 7) is 8.86. The van der Waals surface area contributed by atoms with Crippen molar-refractivity contribution in [1.82, 2.24) is 19.4 Å². The second-order valence-corrected chi connectivity index (χ2v) is 7.80. The number of hydrogen-bond acceptors (Lipinski definition) is 6. The molecule has 1 amide bonds. The first-order valence-corrected chi connectivity index (χ1v) is 10.7. The highest BCUT2D eigenvalue weighted by molar-refractivity contribution is 5.76. The third kappa shape index (κ3) is 6.63. The minimum Gasteiger partial charge on any atom is -0.379 e. The first kappa shape index (κ1) is 24.0. The summed E-state index contributed by atoms with van der Waals surface area (Å²) in [5.41, 5.74) is -0.305. The lowest BCUT2D eigenvalue weighted by molar-refractivity contribution is -0.121. The van der Waals surface area contributed by atoms with Gasteiger partial charge in [0.25, 0.3) is 5.56 Å². The Morgan fingerprint density at radius 2 is 1.93 bits per heavy atom. The van der Waals surface area contributed by atoms with Gasteiger partial charge in [0.1, 0.15) is 5.82 Å². The van der Waals surface area contributed by atoms with E-state index < -0.39 is 5.69 Å². The summed E-state index contributed by atoms with van der Waals surface area (Å²) in [5.74, 6) is 0.512. The number of nitrogens with zero attached hydrogens (tertiary/aromatic N) is 4. The topological polar surface area (TPSA) is 97.9 Å². The van der Waals surface area contributed by atoms with Gasteiger partial charge in [0.15, 0.2) is 0 Å². The Balaban J connectivity index is 1.81. The fraction of sp³-hybridized carbons (Fsp3) is 0.714. The molecule has 9 heteroatoms. The Morgan fingerprint density at radius 1 is 1.23 bits per heavy atom. The summed E-state index contributed by atoms with van der Waals surface area (Å²) in [7, 11) is 3.06. The summed E-state index contributed by atoms with van der Waals surface area (Å²) in [6.07, 6.45) is 4.61. The van der Waals surface area contributed by atoms with Crippen LogP contribution in [0.5, 0.6) is 0 Å². The van der Waals surface area contributed by atoms with E-state index in [1.165, 1.54) is 11.6 Å². The molecule has 1 fully saturated rings. The molecule has 1 aliphatic rings. The molecule has 1 saturated heterocycles. The number of aromatic nitrogens is 2. The van der Waals surface area contributed by atoms with E-state index in [-0.39, 0.29) is 17.4 Å². The van der Waals surface area contributed by atoms with Gasteiger partial charge >= 0.3 is 5.69 Å². The Labute approximate surface area is 177 Å². The fourth-order valence-electron chi connectivity index (χ4n) is 3.50. The van der Waals surface area contributed by atoms with Gasteiger partial charge in [0.2, 0.25) is 5.91 Å². The smallest absolute Gasteiger partial charge is 0.332 e. The first-order chi connectivity index (χ1) is 14.3. The zero-order valence-electron chi connectivity index (χ0n) is 18.6. The normalized spacial score (nSPS) is 16.1. The van der Waals surface area contributed by atoms with Crippen LogP contribution in [0.1, 0.15) is 38.2 Å². The maximum Gasteiger partial charge on any atom is 0.332 e. The molecule has 1 aliphatic heterocycles. The molecule has 0 bridgehead atoms. The number of nitrogens with one attached hydrogen (secondary N) is 1. The quantitative estimate of drug-likeness (QED) is 0.444. The van der Waals surface area contributed by atoms with Gasteiger partial charge in [0.05, 0.1) is 18.8 Å². The van der Waals surface area contributed by atoms with E-state index in [4.69, 9.17) is 4.74 Å². The molecule has 1 atom stereocenters. The SMILES string of the molecule is CCC(C=Nc1c(C)c(=O)n(C)c(=O)n1C)CCC(=O)NCCCN1CCOCC1. The molecule has 2 heterocycles. The highest BCUT2D eigenvalue weighted by Crippen LogP contribution is 2.14. The third-order valence-electron chi connectivity index (χ3n) is 5.60. The number of hydrogen-bond donors (Lipinski definition) is 1. The van der Waals surface area contributed by atoms with Crippen LogP contribution < -0.4 is 16.6 Å². The maximum absolute atomic E-state index is 12.1. The predicted molar refractivity (Wildman–Crippen MR) is 118 cm³/mol. The van der Waals surface area contributed by atoms with E-state index in [1.54, 1.807) is 20.2 Å². The van der Waals surface area contributed by atoms with Crippen molar-refractivity contribution >= 4 is 17.9 Å². The van der Waals surface area contributed by atoms with E-state index in [0.29, 0.717) is 30.8 Å². The van der Waals surface area contributed by atoms with Crippen LogP contribution in [-0.2, 0) is 23.6 Å². The number of carbonyl (C=O) groups is 1. The van der Waals surface area contributed by atoms with Gasteiger partial charge in [-0.1, -0.05) is 6.92 Å². The number of morpholine rings is 1. The molecule has 9 nitrogen and oxygen atoms in total. The van der Waals surface area contributed by atoms with Crippen LogP contribution >= 0.6 is 0 Å². The van der Waals surface area contributed by atoms with E-state index in [1.807, 2.05) is 6.92 Å². The van der Waals surface area contributed by atoms with E-state index in [2.05, 4.69) is 15.2 Å². The number of ether oxygens (including phenoxy) is 1. The van der Waals surface area contributed by atoms with Crippen LogP contribution in [0, 0.1) is 12.8 Å². The molecule has 0 radical (unpaired) electrons. The molecule has 1 unspecified atom stereocenters. The second-order valence-electron chi connectivity index (χ2n) is 7.80.